The summed E-state index contributed by atoms with van der Waals surface area (Å²) in [5, 5.41) is 16.7. The molecule has 2 saturated heterocycles. The number of hydrogen-bond donors (Lipinski definition) is 3. The highest BCUT2D eigenvalue weighted by Gasteiger charge is 2.55. The first kappa shape index (κ1) is 31.5. The van der Waals surface area contributed by atoms with Gasteiger partial charge in [0.2, 0.25) is 11.8 Å². The second kappa shape index (κ2) is 13.8. The zero-order valence-corrected chi connectivity index (χ0v) is 25.7. The van der Waals surface area contributed by atoms with Crippen LogP contribution < -0.4 is 15.4 Å². The Hall–Kier alpha value is -3.92. The fraction of sp³-hybridized carbons (Fsp3) is 0.529. The van der Waals surface area contributed by atoms with Crippen LogP contribution in [0.4, 0.5) is 0 Å². The van der Waals surface area contributed by atoms with Crippen molar-refractivity contribution in [1.82, 2.24) is 20.4 Å². The summed E-state index contributed by atoms with van der Waals surface area (Å²) in [6.45, 7) is 3.19. The number of piperazine rings is 1. The minimum Gasteiger partial charge on any atom is -0.457 e. The molecule has 236 valence electrons. The Bertz CT molecular complexity index is 1330. The molecule has 2 unspecified atom stereocenters. The second-order valence-corrected chi connectivity index (χ2v) is 12.2. The zero-order chi connectivity index (χ0) is 31.3. The highest BCUT2D eigenvalue weighted by atomic mass is 16.5. The Labute approximate surface area is 259 Å². The van der Waals surface area contributed by atoms with Crippen molar-refractivity contribution in [3.05, 3.63) is 59.7 Å². The van der Waals surface area contributed by atoms with Crippen LogP contribution in [0.3, 0.4) is 0 Å². The first-order valence-electron chi connectivity index (χ1n) is 16.0. The quantitative estimate of drug-likeness (QED) is 0.399. The summed E-state index contributed by atoms with van der Waals surface area (Å²) in [4.78, 5) is 56.2. The van der Waals surface area contributed by atoms with E-state index in [1.807, 2.05) is 0 Å². The average Bonchev–Trinajstić information content (AvgIpc) is 3.07. The van der Waals surface area contributed by atoms with Gasteiger partial charge in [0.1, 0.15) is 23.1 Å². The van der Waals surface area contributed by atoms with Crippen LogP contribution >= 0.6 is 0 Å². The maximum atomic E-state index is 13.8. The van der Waals surface area contributed by atoms with Crippen LogP contribution in [0, 0.1) is 5.92 Å². The van der Waals surface area contributed by atoms with Gasteiger partial charge in [-0.15, -0.1) is 0 Å². The monoisotopic (exact) mass is 604 g/mol. The van der Waals surface area contributed by atoms with Crippen LogP contribution in [-0.2, 0) is 9.59 Å². The van der Waals surface area contributed by atoms with Crippen LogP contribution in [0.2, 0.25) is 0 Å². The molecule has 0 radical (unpaired) electrons. The van der Waals surface area contributed by atoms with Gasteiger partial charge in [-0.05, 0) is 86.6 Å². The zero-order valence-electron chi connectivity index (χ0n) is 25.7. The molecule has 3 N–H and O–H groups in total. The highest BCUT2D eigenvalue weighted by Crippen LogP contribution is 2.36. The van der Waals surface area contributed by atoms with Crippen molar-refractivity contribution >= 4 is 23.6 Å². The van der Waals surface area contributed by atoms with Crippen molar-refractivity contribution in [3.63, 3.8) is 0 Å². The smallest absolute Gasteiger partial charge is 0.253 e. The van der Waals surface area contributed by atoms with Gasteiger partial charge in [-0.1, -0.05) is 32.6 Å². The van der Waals surface area contributed by atoms with Crippen LogP contribution in [-0.4, -0.2) is 82.9 Å². The molecule has 2 atom stereocenters. The molecule has 10 nitrogen and oxygen atoms in total. The number of amides is 4. The molecule has 44 heavy (non-hydrogen) atoms. The molecule has 1 aliphatic carbocycles. The molecule has 5 rings (SSSR count). The Kier molecular flexibility index (Phi) is 9.88. The summed E-state index contributed by atoms with van der Waals surface area (Å²) < 4.78 is 5.88. The number of ether oxygens (including phenoxy) is 1. The normalized spacial score (nSPS) is 21.1. The number of rotatable bonds is 9. The number of carbonyl (C=O) groups is 4. The number of aliphatic hydroxyl groups excluding tert-OH is 1. The van der Waals surface area contributed by atoms with Crippen molar-refractivity contribution in [1.29, 1.82) is 0 Å². The molecular formula is C34H44N4O6. The molecule has 0 bridgehead atoms. The molecule has 0 aromatic heterocycles. The van der Waals surface area contributed by atoms with Gasteiger partial charge in [-0.2, -0.15) is 0 Å². The minimum atomic E-state index is -1.02. The number of nitrogens with one attached hydrogen (secondary N) is 2. The number of piperidine rings is 1. The molecule has 2 heterocycles. The minimum absolute atomic E-state index is 0.0194. The van der Waals surface area contributed by atoms with E-state index in [2.05, 4.69) is 17.6 Å². The van der Waals surface area contributed by atoms with Crippen molar-refractivity contribution < 1.29 is 29.0 Å². The number of aliphatic hydroxyl groups is 1. The molecule has 3 fully saturated rings. The van der Waals surface area contributed by atoms with Crippen molar-refractivity contribution in [2.75, 3.05) is 26.7 Å². The first-order valence-corrected chi connectivity index (χ1v) is 16.0. The van der Waals surface area contributed by atoms with E-state index in [4.69, 9.17) is 4.74 Å². The number of hydrogen-bond acceptors (Lipinski definition) is 6. The Morgan fingerprint density at radius 3 is 2.14 bits per heavy atom. The van der Waals surface area contributed by atoms with E-state index in [0.29, 0.717) is 55.1 Å². The lowest BCUT2D eigenvalue weighted by Crippen LogP contribution is -2.75. The fourth-order valence-electron chi connectivity index (χ4n) is 6.84. The molecule has 4 amide bonds. The molecule has 2 aromatic carbocycles. The summed E-state index contributed by atoms with van der Waals surface area (Å²) in [7, 11) is 1.58. The SMILES string of the molecule is CCCCN1C(=O)C(C(O)C2CCCCC2)NC(=O)C12CCN(C(=O)c1ccc(Oc3ccc(C(=O)NC)cc3)cc1)CC2. The average molecular weight is 605 g/mol. The summed E-state index contributed by atoms with van der Waals surface area (Å²) in [5.41, 5.74) is 0.0205. The van der Waals surface area contributed by atoms with Gasteiger partial charge in [0.25, 0.3) is 11.8 Å². The van der Waals surface area contributed by atoms with Gasteiger partial charge >= 0.3 is 0 Å². The summed E-state index contributed by atoms with van der Waals surface area (Å²) >= 11 is 0. The lowest BCUT2D eigenvalue weighted by atomic mass is 9.78. The van der Waals surface area contributed by atoms with E-state index in [9.17, 15) is 24.3 Å². The Morgan fingerprint density at radius 2 is 1.57 bits per heavy atom. The maximum absolute atomic E-state index is 13.8. The summed E-state index contributed by atoms with van der Waals surface area (Å²) in [6.07, 6.45) is 6.41. The molecule has 10 heteroatoms. The number of benzene rings is 2. The van der Waals surface area contributed by atoms with Gasteiger partial charge in [0.05, 0.1) is 6.10 Å². The molecule has 2 aliphatic heterocycles. The fourth-order valence-corrected chi connectivity index (χ4v) is 6.84. The Morgan fingerprint density at radius 1 is 0.977 bits per heavy atom. The number of unbranched alkanes of at least 4 members (excludes halogenated alkanes) is 1. The topological polar surface area (TPSA) is 128 Å². The number of likely N-dealkylation sites (tertiary alicyclic amines) is 1. The molecule has 1 spiro atoms. The van der Waals surface area contributed by atoms with Gasteiger partial charge in [-0.25, -0.2) is 0 Å². The Balaban J connectivity index is 1.23. The van der Waals surface area contributed by atoms with E-state index in [0.717, 1.165) is 44.9 Å². The third-order valence-electron chi connectivity index (χ3n) is 9.53. The van der Waals surface area contributed by atoms with Crippen LogP contribution in [0.25, 0.3) is 0 Å². The first-order chi connectivity index (χ1) is 21.3. The van der Waals surface area contributed by atoms with E-state index in [1.54, 1.807) is 65.4 Å². The third-order valence-corrected chi connectivity index (χ3v) is 9.53. The molecule has 3 aliphatic rings. The third kappa shape index (κ3) is 6.45. The van der Waals surface area contributed by atoms with E-state index < -0.39 is 17.7 Å². The number of carbonyl (C=O) groups excluding carboxylic acids is 4. The molecule has 2 aromatic rings. The standard InChI is InChI=1S/C34H44N4O6/c1-3-4-20-38-32(42)28(29(39)23-8-6-5-7-9-23)36-33(43)34(38)18-21-37(22-19-34)31(41)25-12-16-27(17-13-25)44-26-14-10-24(11-15-26)30(40)35-2/h10-17,23,28-29,39H,3-9,18-22H2,1-2H3,(H,35,40)(H,36,43). The van der Waals surface area contributed by atoms with E-state index >= 15 is 0 Å². The summed E-state index contributed by atoms with van der Waals surface area (Å²) in [5.74, 6) is 0.408. The van der Waals surface area contributed by atoms with Gasteiger partial charge in [0, 0.05) is 37.8 Å². The molecule has 1 saturated carbocycles. The van der Waals surface area contributed by atoms with Gasteiger partial charge < -0.3 is 30.3 Å². The van der Waals surface area contributed by atoms with Gasteiger partial charge in [-0.3, -0.25) is 19.2 Å². The molecular weight excluding hydrogens is 560 g/mol. The van der Waals surface area contributed by atoms with Crippen molar-refractivity contribution in [2.24, 2.45) is 5.92 Å². The van der Waals surface area contributed by atoms with Gasteiger partial charge in [0.15, 0.2) is 0 Å². The van der Waals surface area contributed by atoms with Crippen molar-refractivity contribution in [3.8, 4) is 11.5 Å². The van der Waals surface area contributed by atoms with E-state index in [1.165, 1.54) is 0 Å². The maximum Gasteiger partial charge on any atom is 0.253 e. The van der Waals surface area contributed by atoms with Crippen LogP contribution in [0.5, 0.6) is 11.5 Å². The lowest BCUT2D eigenvalue weighted by molar-refractivity contribution is -0.165. The lowest BCUT2D eigenvalue weighted by Gasteiger charge is -2.52. The summed E-state index contributed by atoms with van der Waals surface area (Å²) in [6, 6.07) is 12.7. The largest absolute Gasteiger partial charge is 0.457 e. The highest BCUT2D eigenvalue weighted by molar-refractivity contribution is 6.01. The van der Waals surface area contributed by atoms with Crippen LogP contribution in [0.15, 0.2) is 48.5 Å². The number of nitrogens with zero attached hydrogens (tertiary/aromatic N) is 2. The predicted molar refractivity (Wildman–Crippen MR) is 165 cm³/mol. The van der Waals surface area contributed by atoms with E-state index in [-0.39, 0.29) is 29.5 Å². The predicted octanol–water partition coefficient (Wildman–Crippen LogP) is 3.88. The second-order valence-electron chi connectivity index (χ2n) is 12.2. The van der Waals surface area contributed by atoms with Crippen molar-refractivity contribution in [2.45, 2.75) is 82.4 Å². The van der Waals surface area contributed by atoms with Crippen LogP contribution in [0.1, 0.15) is 85.4 Å².